The lowest BCUT2D eigenvalue weighted by Crippen LogP contribution is -2.33. The SMILES string of the molecule is CC(=O)CCCCCCCC(C)CCCCCCNc1ncnc2c1ncn2[C@@H]1O[C@H](CO)[C@@H](O)[C@H]1O. The number of Topliss-reactive ketones (excluding diaryl/α,β-unsaturated/α-hetero) is 1. The minimum atomic E-state index is -1.19. The van der Waals surface area contributed by atoms with Crippen molar-refractivity contribution < 1.29 is 24.9 Å². The summed E-state index contributed by atoms with van der Waals surface area (Å²) in [7, 11) is 0. The standard InChI is InChI=1S/C27H45N5O5/c1-19(12-8-4-3-5-10-14-20(2)34)13-9-6-7-11-15-28-25-22-26(30-17-29-25)32(18-31-22)27-24(36)23(35)21(16-33)37-27/h17-19,21,23-24,27,33,35-36H,3-16H2,1-2H3,(H,28,29,30)/t19?,21-,23-,24-,27-/m1/s1. The van der Waals surface area contributed by atoms with Crippen LogP contribution in [0.15, 0.2) is 12.7 Å². The third-order valence-corrected chi connectivity index (χ3v) is 7.29. The molecule has 0 saturated carbocycles. The molecule has 1 unspecified atom stereocenters. The molecule has 3 heterocycles. The minimum Gasteiger partial charge on any atom is -0.394 e. The zero-order valence-electron chi connectivity index (χ0n) is 22.4. The third-order valence-electron chi connectivity index (χ3n) is 7.29. The topological polar surface area (TPSA) is 143 Å². The van der Waals surface area contributed by atoms with Crippen LogP contribution in [0.3, 0.4) is 0 Å². The minimum absolute atomic E-state index is 0.305. The summed E-state index contributed by atoms with van der Waals surface area (Å²) >= 11 is 0. The summed E-state index contributed by atoms with van der Waals surface area (Å²) in [4.78, 5) is 24.0. The number of hydrogen-bond donors (Lipinski definition) is 4. The average Bonchev–Trinajstić information content (AvgIpc) is 3.43. The van der Waals surface area contributed by atoms with Crippen molar-refractivity contribution in [1.29, 1.82) is 0 Å². The number of aromatic nitrogens is 4. The van der Waals surface area contributed by atoms with E-state index in [4.69, 9.17) is 4.74 Å². The van der Waals surface area contributed by atoms with Crippen molar-refractivity contribution in [2.75, 3.05) is 18.5 Å². The molecule has 0 aromatic carbocycles. The van der Waals surface area contributed by atoms with Crippen molar-refractivity contribution >= 4 is 22.8 Å². The number of nitrogens with zero attached hydrogens (tertiary/aromatic N) is 4. The molecule has 0 spiro atoms. The first-order chi connectivity index (χ1) is 17.9. The van der Waals surface area contributed by atoms with Gasteiger partial charge in [0.15, 0.2) is 23.2 Å². The molecule has 1 aliphatic heterocycles. The molecule has 208 valence electrons. The quantitative estimate of drug-likeness (QED) is 0.216. The number of unbranched alkanes of at least 4 members (excludes halogenated alkanes) is 7. The Kier molecular flexibility index (Phi) is 12.2. The number of ketones is 1. The van der Waals surface area contributed by atoms with Gasteiger partial charge in [0.25, 0.3) is 0 Å². The maximum absolute atomic E-state index is 11.0. The summed E-state index contributed by atoms with van der Waals surface area (Å²) < 4.78 is 7.18. The molecular formula is C27H45N5O5. The molecule has 0 aliphatic carbocycles. The van der Waals surface area contributed by atoms with Crippen molar-refractivity contribution in [3.63, 3.8) is 0 Å². The highest BCUT2D eigenvalue weighted by Gasteiger charge is 2.44. The van der Waals surface area contributed by atoms with Gasteiger partial charge in [0, 0.05) is 13.0 Å². The molecule has 1 fully saturated rings. The maximum Gasteiger partial charge on any atom is 0.167 e. The van der Waals surface area contributed by atoms with E-state index < -0.39 is 24.5 Å². The highest BCUT2D eigenvalue weighted by Crippen LogP contribution is 2.32. The number of carbonyl (C=O) groups is 1. The Morgan fingerprint density at radius 2 is 1.68 bits per heavy atom. The fourth-order valence-corrected chi connectivity index (χ4v) is 5.00. The fraction of sp³-hybridized carbons (Fsp3) is 0.778. The van der Waals surface area contributed by atoms with Crippen LogP contribution in [0.2, 0.25) is 0 Å². The van der Waals surface area contributed by atoms with E-state index in [1.165, 1.54) is 64.0 Å². The third kappa shape index (κ3) is 8.70. The van der Waals surface area contributed by atoms with Crippen LogP contribution in [-0.2, 0) is 9.53 Å². The van der Waals surface area contributed by atoms with E-state index in [-0.39, 0.29) is 6.61 Å². The Morgan fingerprint density at radius 3 is 2.35 bits per heavy atom. The molecular weight excluding hydrogens is 474 g/mol. The molecule has 2 aromatic heterocycles. The van der Waals surface area contributed by atoms with E-state index in [1.807, 2.05) is 0 Å². The average molecular weight is 520 g/mol. The molecule has 1 saturated heterocycles. The maximum atomic E-state index is 11.0. The second-order valence-corrected chi connectivity index (χ2v) is 10.5. The van der Waals surface area contributed by atoms with E-state index in [9.17, 15) is 20.1 Å². The van der Waals surface area contributed by atoms with Crippen molar-refractivity contribution in [3.05, 3.63) is 12.7 Å². The van der Waals surface area contributed by atoms with Gasteiger partial charge in [-0.1, -0.05) is 64.7 Å². The second-order valence-electron chi connectivity index (χ2n) is 10.5. The Hall–Kier alpha value is -2.14. The number of anilines is 1. The van der Waals surface area contributed by atoms with Gasteiger partial charge in [-0.25, -0.2) is 15.0 Å². The van der Waals surface area contributed by atoms with Gasteiger partial charge in [-0.3, -0.25) is 4.57 Å². The van der Waals surface area contributed by atoms with Crippen molar-refractivity contribution in [2.45, 2.75) is 115 Å². The number of fused-ring (bicyclic) bond motifs is 1. The van der Waals surface area contributed by atoms with E-state index in [1.54, 1.807) is 11.5 Å². The van der Waals surface area contributed by atoms with Crippen molar-refractivity contribution in [2.24, 2.45) is 5.92 Å². The number of hydrogen-bond acceptors (Lipinski definition) is 9. The molecule has 0 radical (unpaired) electrons. The zero-order chi connectivity index (χ0) is 26.6. The van der Waals surface area contributed by atoms with Crippen LogP contribution in [0.4, 0.5) is 5.82 Å². The first-order valence-electron chi connectivity index (χ1n) is 14.0. The molecule has 5 atom stereocenters. The lowest BCUT2D eigenvalue weighted by molar-refractivity contribution is -0.117. The van der Waals surface area contributed by atoms with Gasteiger partial charge in [0.2, 0.25) is 0 Å². The summed E-state index contributed by atoms with van der Waals surface area (Å²) in [5.74, 6) is 1.71. The van der Waals surface area contributed by atoms with Crippen LogP contribution in [0, 0.1) is 5.92 Å². The molecule has 10 nitrogen and oxygen atoms in total. The van der Waals surface area contributed by atoms with Crippen LogP contribution >= 0.6 is 0 Å². The monoisotopic (exact) mass is 519 g/mol. The molecule has 1 aliphatic rings. The van der Waals surface area contributed by atoms with Crippen LogP contribution < -0.4 is 5.32 Å². The molecule has 4 N–H and O–H groups in total. The van der Waals surface area contributed by atoms with Gasteiger partial charge in [0.1, 0.15) is 30.4 Å². The summed E-state index contributed by atoms with van der Waals surface area (Å²) in [5.41, 5.74) is 1.07. The lowest BCUT2D eigenvalue weighted by atomic mass is 9.96. The second kappa shape index (κ2) is 15.3. The van der Waals surface area contributed by atoms with Crippen molar-refractivity contribution in [3.8, 4) is 0 Å². The number of aliphatic hydroxyl groups is 3. The predicted octanol–water partition coefficient (Wildman–Crippen LogP) is 3.76. The van der Waals surface area contributed by atoms with Crippen LogP contribution in [0.1, 0.15) is 97.1 Å². The van der Waals surface area contributed by atoms with Crippen LogP contribution in [0.5, 0.6) is 0 Å². The van der Waals surface area contributed by atoms with Gasteiger partial charge in [-0.15, -0.1) is 0 Å². The Labute approximate surface area is 219 Å². The molecule has 2 aromatic rings. The summed E-state index contributed by atoms with van der Waals surface area (Å²) in [6, 6.07) is 0. The van der Waals surface area contributed by atoms with Crippen LogP contribution in [0.25, 0.3) is 11.2 Å². The first kappa shape index (κ1) is 29.4. The summed E-state index contributed by atoms with van der Waals surface area (Å²) in [5, 5.41) is 33.1. The number of imidazole rings is 1. The first-order valence-corrected chi connectivity index (χ1v) is 14.0. The fourth-order valence-electron chi connectivity index (χ4n) is 5.00. The smallest absolute Gasteiger partial charge is 0.167 e. The van der Waals surface area contributed by atoms with E-state index in [0.717, 1.165) is 38.1 Å². The van der Waals surface area contributed by atoms with Gasteiger partial charge < -0.3 is 30.2 Å². The molecule has 3 rings (SSSR count). The number of ether oxygens (including phenoxy) is 1. The Morgan fingerprint density at radius 1 is 1.00 bits per heavy atom. The molecule has 0 amide bonds. The van der Waals surface area contributed by atoms with Crippen LogP contribution in [-0.4, -0.2) is 72.1 Å². The highest BCUT2D eigenvalue weighted by molar-refractivity contribution is 5.82. The molecule has 0 bridgehead atoms. The molecule has 37 heavy (non-hydrogen) atoms. The van der Waals surface area contributed by atoms with Gasteiger partial charge >= 0.3 is 0 Å². The largest absolute Gasteiger partial charge is 0.394 e. The number of nitrogens with one attached hydrogen (secondary N) is 1. The van der Waals surface area contributed by atoms with E-state index in [2.05, 4.69) is 27.2 Å². The Balaban J connectivity index is 1.30. The van der Waals surface area contributed by atoms with Gasteiger partial charge in [-0.05, 0) is 25.7 Å². The summed E-state index contributed by atoms with van der Waals surface area (Å²) in [6.45, 7) is 4.43. The van der Waals surface area contributed by atoms with E-state index >= 15 is 0 Å². The number of rotatable bonds is 18. The lowest BCUT2D eigenvalue weighted by Gasteiger charge is -2.16. The highest BCUT2D eigenvalue weighted by atomic mass is 16.6. The van der Waals surface area contributed by atoms with Gasteiger partial charge in [0.05, 0.1) is 12.9 Å². The number of aliphatic hydroxyl groups excluding tert-OH is 3. The summed E-state index contributed by atoms with van der Waals surface area (Å²) in [6.07, 6.45) is 12.9. The van der Waals surface area contributed by atoms with Gasteiger partial charge in [-0.2, -0.15) is 0 Å². The van der Waals surface area contributed by atoms with E-state index in [0.29, 0.717) is 22.8 Å². The normalized spacial score (nSPS) is 22.5. The number of carbonyl (C=O) groups excluding carboxylic acids is 1. The zero-order valence-corrected chi connectivity index (χ0v) is 22.4. The van der Waals surface area contributed by atoms with Crippen molar-refractivity contribution in [1.82, 2.24) is 19.5 Å². The Bertz CT molecular complexity index is 954. The molecule has 10 heteroatoms. The predicted molar refractivity (Wildman–Crippen MR) is 142 cm³/mol.